The topological polar surface area (TPSA) is 24.5 Å². The molecule has 1 aromatic carbocycles. The number of rotatable bonds is 6. The number of nitrogens with zero attached hydrogens (tertiary/aromatic N) is 1. The maximum atomic E-state index is 5.58. The van der Waals surface area contributed by atoms with Crippen LogP contribution in [0.25, 0.3) is 0 Å². The Balaban J connectivity index is 0.00000220. The van der Waals surface area contributed by atoms with E-state index in [1.54, 1.807) is 7.11 Å². The first-order chi connectivity index (χ1) is 9.72. The number of methoxy groups -OCH3 is 1. The molecule has 1 saturated heterocycles. The van der Waals surface area contributed by atoms with Crippen LogP contribution in [0.1, 0.15) is 38.3 Å². The Morgan fingerprint density at radius 1 is 1.09 bits per heavy atom. The molecule has 0 amide bonds. The van der Waals surface area contributed by atoms with Crippen molar-refractivity contribution in [3.05, 3.63) is 29.8 Å². The van der Waals surface area contributed by atoms with Crippen LogP contribution in [0.15, 0.2) is 24.3 Å². The first-order valence-electron chi connectivity index (χ1n) is 7.80. The predicted octanol–water partition coefficient (Wildman–Crippen LogP) is 3.92. The quantitative estimate of drug-likeness (QED) is 0.842. The first-order valence-corrected chi connectivity index (χ1v) is 7.80. The summed E-state index contributed by atoms with van der Waals surface area (Å²) in [6.45, 7) is 9.04. The molecule has 2 rings (SSSR count). The van der Waals surface area contributed by atoms with Crippen LogP contribution in [0.5, 0.6) is 5.75 Å². The molecule has 1 aliphatic heterocycles. The van der Waals surface area contributed by atoms with Crippen molar-refractivity contribution >= 4 is 24.8 Å². The van der Waals surface area contributed by atoms with Gasteiger partial charge < -0.3 is 10.1 Å². The minimum absolute atomic E-state index is 0. The summed E-state index contributed by atoms with van der Waals surface area (Å²) < 4.78 is 5.58. The van der Waals surface area contributed by atoms with E-state index in [9.17, 15) is 0 Å². The molecule has 1 aromatic rings. The van der Waals surface area contributed by atoms with E-state index in [2.05, 4.69) is 48.3 Å². The lowest BCUT2D eigenvalue weighted by Crippen LogP contribution is -2.45. The smallest absolute Gasteiger partial charge is 0.123 e. The van der Waals surface area contributed by atoms with Gasteiger partial charge in [0.25, 0.3) is 0 Å². The minimum atomic E-state index is 0. The standard InChI is InChI=1S/C17H28N2O.2ClH/c1-14(2)8-9-16(19-12-10-18-11-13-19)15-6-4-5-7-17(15)20-3;;/h4-7,14,16,18H,8-13H2,1-3H3;2*1H/t16-;;/m1../s1. The van der Waals surface area contributed by atoms with Crippen LogP contribution in [0.2, 0.25) is 0 Å². The lowest BCUT2D eigenvalue weighted by Gasteiger charge is -2.36. The van der Waals surface area contributed by atoms with E-state index in [4.69, 9.17) is 4.74 Å². The number of nitrogens with one attached hydrogen (secondary N) is 1. The largest absolute Gasteiger partial charge is 0.496 e. The van der Waals surface area contributed by atoms with Crippen molar-refractivity contribution in [2.75, 3.05) is 33.3 Å². The molecular weight excluding hydrogens is 319 g/mol. The van der Waals surface area contributed by atoms with Gasteiger partial charge in [-0.2, -0.15) is 0 Å². The normalized spacial score (nSPS) is 16.5. The van der Waals surface area contributed by atoms with Gasteiger partial charge in [0.2, 0.25) is 0 Å². The van der Waals surface area contributed by atoms with Crippen molar-refractivity contribution < 1.29 is 4.74 Å². The van der Waals surface area contributed by atoms with Gasteiger partial charge in [0.15, 0.2) is 0 Å². The van der Waals surface area contributed by atoms with E-state index in [-0.39, 0.29) is 24.8 Å². The molecule has 3 nitrogen and oxygen atoms in total. The van der Waals surface area contributed by atoms with Crippen LogP contribution in [0.3, 0.4) is 0 Å². The molecular formula is C17H30Cl2N2O. The molecule has 128 valence electrons. The number of benzene rings is 1. The molecule has 0 bridgehead atoms. The molecule has 0 radical (unpaired) electrons. The number of ether oxygens (including phenoxy) is 1. The molecule has 0 aromatic heterocycles. The molecule has 0 saturated carbocycles. The average Bonchev–Trinajstić information content (AvgIpc) is 2.49. The zero-order valence-electron chi connectivity index (χ0n) is 13.9. The second-order valence-electron chi connectivity index (χ2n) is 6.01. The van der Waals surface area contributed by atoms with E-state index < -0.39 is 0 Å². The Kier molecular flexibility index (Phi) is 10.9. The number of hydrogen-bond donors (Lipinski definition) is 1. The van der Waals surface area contributed by atoms with Crippen LogP contribution in [0, 0.1) is 5.92 Å². The third-order valence-electron chi connectivity index (χ3n) is 4.11. The highest BCUT2D eigenvalue weighted by Crippen LogP contribution is 2.33. The fourth-order valence-corrected chi connectivity index (χ4v) is 2.96. The van der Waals surface area contributed by atoms with Crippen molar-refractivity contribution in [1.82, 2.24) is 10.2 Å². The highest BCUT2D eigenvalue weighted by atomic mass is 35.5. The van der Waals surface area contributed by atoms with Crippen molar-refractivity contribution in [3.63, 3.8) is 0 Å². The van der Waals surface area contributed by atoms with Gasteiger partial charge >= 0.3 is 0 Å². The zero-order chi connectivity index (χ0) is 14.4. The first kappa shape index (κ1) is 21.5. The lowest BCUT2D eigenvalue weighted by atomic mass is 9.95. The molecule has 1 heterocycles. The van der Waals surface area contributed by atoms with E-state index in [0.29, 0.717) is 6.04 Å². The number of halogens is 2. The van der Waals surface area contributed by atoms with Gasteiger partial charge in [0.1, 0.15) is 5.75 Å². The number of para-hydroxylation sites is 1. The summed E-state index contributed by atoms with van der Waals surface area (Å²) in [6.07, 6.45) is 2.46. The van der Waals surface area contributed by atoms with E-state index in [1.807, 2.05) is 0 Å². The van der Waals surface area contributed by atoms with Crippen molar-refractivity contribution in [2.45, 2.75) is 32.7 Å². The number of hydrogen-bond acceptors (Lipinski definition) is 3. The SMILES string of the molecule is COc1ccccc1[C@@H](CCC(C)C)N1CCNCC1.Cl.Cl. The van der Waals surface area contributed by atoms with E-state index in [1.165, 1.54) is 18.4 Å². The highest BCUT2D eigenvalue weighted by Gasteiger charge is 2.24. The Bertz CT molecular complexity index is 409. The van der Waals surface area contributed by atoms with Crippen molar-refractivity contribution in [3.8, 4) is 5.75 Å². The fourth-order valence-electron chi connectivity index (χ4n) is 2.96. The summed E-state index contributed by atoms with van der Waals surface area (Å²) in [5.41, 5.74) is 1.34. The summed E-state index contributed by atoms with van der Waals surface area (Å²) in [7, 11) is 1.77. The second kappa shape index (κ2) is 11.1. The zero-order valence-corrected chi connectivity index (χ0v) is 15.5. The minimum Gasteiger partial charge on any atom is -0.496 e. The van der Waals surface area contributed by atoms with Crippen LogP contribution in [0.4, 0.5) is 0 Å². The van der Waals surface area contributed by atoms with Crippen molar-refractivity contribution in [1.29, 1.82) is 0 Å². The van der Waals surface area contributed by atoms with Crippen LogP contribution in [-0.2, 0) is 0 Å². The molecule has 0 unspecified atom stereocenters. The molecule has 5 heteroatoms. The van der Waals surface area contributed by atoms with Gasteiger partial charge in [0, 0.05) is 37.8 Å². The predicted molar refractivity (Wildman–Crippen MR) is 98.7 cm³/mol. The summed E-state index contributed by atoms with van der Waals surface area (Å²) in [6, 6.07) is 8.98. The summed E-state index contributed by atoms with van der Waals surface area (Å²) in [5.74, 6) is 1.77. The van der Waals surface area contributed by atoms with Gasteiger partial charge in [-0.1, -0.05) is 32.0 Å². The summed E-state index contributed by atoms with van der Waals surface area (Å²) in [4.78, 5) is 2.61. The lowest BCUT2D eigenvalue weighted by molar-refractivity contribution is 0.157. The fraction of sp³-hybridized carbons (Fsp3) is 0.647. The van der Waals surface area contributed by atoms with Gasteiger partial charge in [0.05, 0.1) is 7.11 Å². The summed E-state index contributed by atoms with van der Waals surface area (Å²) in [5, 5.41) is 3.44. The van der Waals surface area contributed by atoms with Gasteiger partial charge in [-0.3, -0.25) is 4.90 Å². The van der Waals surface area contributed by atoms with Crippen LogP contribution in [-0.4, -0.2) is 38.2 Å². The second-order valence-corrected chi connectivity index (χ2v) is 6.01. The Labute approximate surface area is 147 Å². The molecule has 22 heavy (non-hydrogen) atoms. The van der Waals surface area contributed by atoms with Gasteiger partial charge in [-0.05, 0) is 24.8 Å². The Hall–Kier alpha value is -0.480. The van der Waals surface area contributed by atoms with Gasteiger partial charge in [-0.25, -0.2) is 0 Å². The molecule has 1 N–H and O–H groups in total. The number of piperazine rings is 1. The third kappa shape index (κ3) is 5.96. The van der Waals surface area contributed by atoms with Crippen LogP contribution < -0.4 is 10.1 Å². The monoisotopic (exact) mass is 348 g/mol. The molecule has 1 aliphatic rings. The van der Waals surface area contributed by atoms with E-state index >= 15 is 0 Å². The van der Waals surface area contributed by atoms with Gasteiger partial charge in [-0.15, -0.1) is 24.8 Å². The third-order valence-corrected chi connectivity index (χ3v) is 4.11. The molecule has 1 fully saturated rings. The summed E-state index contributed by atoms with van der Waals surface area (Å²) >= 11 is 0. The maximum absolute atomic E-state index is 5.58. The maximum Gasteiger partial charge on any atom is 0.123 e. The molecule has 1 atom stereocenters. The average molecular weight is 349 g/mol. The van der Waals surface area contributed by atoms with Crippen molar-refractivity contribution in [2.24, 2.45) is 5.92 Å². The molecule has 0 aliphatic carbocycles. The van der Waals surface area contributed by atoms with E-state index in [0.717, 1.165) is 37.8 Å². The highest BCUT2D eigenvalue weighted by molar-refractivity contribution is 5.85. The Morgan fingerprint density at radius 3 is 2.32 bits per heavy atom. The Morgan fingerprint density at radius 2 is 1.73 bits per heavy atom. The molecule has 0 spiro atoms. The van der Waals surface area contributed by atoms with Crippen LogP contribution >= 0.6 is 24.8 Å².